The molecule has 4 aliphatic rings. The third-order valence-corrected chi connectivity index (χ3v) is 8.41. The number of rotatable bonds is 4. The summed E-state index contributed by atoms with van der Waals surface area (Å²) in [5.74, 6) is 4.39. The maximum Gasteiger partial charge on any atom is 0.0484 e. The Hall–Kier alpha value is -2.34. The molecule has 0 nitrogen and oxygen atoms in total. The van der Waals surface area contributed by atoms with Gasteiger partial charge in [-0.15, -0.1) is 0 Å². The maximum atomic E-state index is 2.39. The zero-order valence-electron chi connectivity index (χ0n) is 17.1. The Bertz CT molecular complexity index is 832. The van der Waals surface area contributed by atoms with Gasteiger partial charge in [0.05, 0.1) is 0 Å². The van der Waals surface area contributed by atoms with Gasteiger partial charge in [0.2, 0.25) is 0 Å². The highest BCUT2D eigenvalue weighted by atomic mass is 14.6. The van der Waals surface area contributed by atoms with E-state index >= 15 is 0 Å². The highest BCUT2D eigenvalue weighted by molar-refractivity contribution is 5.52. The standard InChI is InChI=1S/C29H30/c1-4-10-25(11-5-1)29(26-12-6-2-7-13-26,27-14-8-3-9-15-27)28-23-17-21-16-22(19-23)20-24(28)18-21/h1-15,21-24,28H,16-20H2. The van der Waals surface area contributed by atoms with Crippen LogP contribution < -0.4 is 0 Å². The Morgan fingerprint density at radius 3 is 1.14 bits per heavy atom. The highest BCUT2D eigenvalue weighted by Gasteiger charge is 2.57. The molecule has 0 aromatic heterocycles. The van der Waals surface area contributed by atoms with E-state index < -0.39 is 0 Å². The summed E-state index contributed by atoms with van der Waals surface area (Å²) in [4.78, 5) is 0. The van der Waals surface area contributed by atoms with Crippen molar-refractivity contribution < 1.29 is 0 Å². The normalized spacial score (nSPS) is 30.4. The molecule has 0 atom stereocenters. The maximum absolute atomic E-state index is 2.39. The minimum Gasteiger partial charge on any atom is -0.0622 e. The molecule has 29 heavy (non-hydrogen) atoms. The van der Waals surface area contributed by atoms with E-state index in [0.717, 1.165) is 23.7 Å². The number of hydrogen-bond donors (Lipinski definition) is 0. The van der Waals surface area contributed by atoms with E-state index in [1.54, 1.807) is 0 Å². The Kier molecular flexibility index (Phi) is 4.15. The third kappa shape index (κ3) is 2.65. The van der Waals surface area contributed by atoms with Gasteiger partial charge in [-0.2, -0.15) is 0 Å². The van der Waals surface area contributed by atoms with Crippen LogP contribution in [0.3, 0.4) is 0 Å². The largest absolute Gasteiger partial charge is 0.0622 e. The van der Waals surface area contributed by atoms with Crippen molar-refractivity contribution in [3.8, 4) is 0 Å². The van der Waals surface area contributed by atoms with Gasteiger partial charge in [-0.25, -0.2) is 0 Å². The summed E-state index contributed by atoms with van der Waals surface area (Å²) >= 11 is 0. The van der Waals surface area contributed by atoms with Crippen LogP contribution in [0, 0.1) is 29.6 Å². The van der Waals surface area contributed by atoms with Gasteiger partial charge in [0.15, 0.2) is 0 Å². The van der Waals surface area contributed by atoms with Gasteiger partial charge < -0.3 is 0 Å². The summed E-state index contributed by atoms with van der Waals surface area (Å²) in [6.45, 7) is 0. The van der Waals surface area contributed by atoms with E-state index in [9.17, 15) is 0 Å². The lowest BCUT2D eigenvalue weighted by molar-refractivity contribution is -0.0567. The Labute approximate surface area is 175 Å². The van der Waals surface area contributed by atoms with Crippen molar-refractivity contribution >= 4 is 0 Å². The van der Waals surface area contributed by atoms with Gasteiger partial charge in [-0.3, -0.25) is 0 Å². The van der Waals surface area contributed by atoms with Crippen LogP contribution in [-0.2, 0) is 5.41 Å². The molecule has 0 spiro atoms. The Balaban J connectivity index is 1.64. The molecule has 4 aliphatic carbocycles. The van der Waals surface area contributed by atoms with Crippen LogP contribution in [-0.4, -0.2) is 0 Å². The molecule has 4 bridgehead atoms. The van der Waals surface area contributed by atoms with E-state index in [2.05, 4.69) is 91.0 Å². The second-order valence-electron chi connectivity index (χ2n) is 9.86. The number of benzene rings is 3. The van der Waals surface area contributed by atoms with Gasteiger partial charge in [0.25, 0.3) is 0 Å². The number of hydrogen-bond acceptors (Lipinski definition) is 0. The zero-order chi connectivity index (χ0) is 19.3. The van der Waals surface area contributed by atoms with Crippen molar-refractivity contribution in [1.82, 2.24) is 0 Å². The summed E-state index contributed by atoms with van der Waals surface area (Å²) in [6.07, 6.45) is 7.31. The second-order valence-corrected chi connectivity index (χ2v) is 9.86. The minimum atomic E-state index is -0.0492. The predicted molar refractivity (Wildman–Crippen MR) is 120 cm³/mol. The zero-order valence-corrected chi connectivity index (χ0v) is 17.1. The lowest BCUT2D eigenvalue weighted by Crippen LogP contribution is -2.54. The van der Waals surface area contributed by atoms with Crippen LogP contribution in [0.1, 0.15) is 48.8 Å². The summed E-state index contributed by atoms with van der Waals surface area (Å²) in [5.41, 5.74) is 4.39. The van der Waals surface area contributed by atoms with Crippen molar-refractivity contribution in [3.63, 3.8) is 0 Å². The smallest absolute Gasteiger partial charge is 0.0484 e. The van der Waals surface area contributed by atoms with Crippen LogP contribution in [0.25, 0.3) is 0 Å². The summed E-state index contributed by atoms with van der Waals surface area (Å²) in [6, 6.07) is 34.3. The molecule has 0 aliphatic heterocycles. The molecule has 0 heterocycles. The molecule has 0 heteroatoms. The molecule has 4 saturated carbocycles. The molecule has 0 radical (unpaired) electrons. The Morgan fingerprint density at radius 1 is 0.448 bits per heavy atom. The predicted octanol–water partition coefficient (Wildman–Crippen LogP) is 7.09. The summed E-state index contributed by atoms with van der Waals surface area (Å²) in [7, 11) is 0. The fraction of sp³-hybridized carbons (Fsp3) is 0.379. The van der Waals surface area contributed by atoms with E-state index in [-0.39, 0.29) is 5.41 Å². The van der Waals surface area contributed by atoms with Gasteiger partial charge in [-0.05, 0) is 78.4 Å². The van der Waals surface area contributed by atoms with Crippen molar-refractivity contribution in [3.05, 3.63) is 108 Å². The lowest BCUT2D eigenvalue weighted by atomic mass is 9.43. The molecule has 0 N–H and O–H groups in total. The van der Waals surface area contributed by atoms with Gasteiger partial charge >= 0.3 is 0 Å². The van der Waals surface area contributed by atoms with Crippen molar-refractivity contribution in [1.29, 1.82) is 0 Å². The van der Waals surface area contributed by atoms with E-state index in [0.29, 0.717) is 5.92 Å². The first-order chi connectivity index (χ1) is 14.4. The van der Waals surface area contributed by atoms with Crippen LogP contribution >= 0.6 is 0 Å². The van der Waals surface area contributed by atoms with E-state index in [1.807, 2.05) is 0 Å². The first-order valence-corrected chi connectivity index (χ1v) is 11.5. The average molecular weight is 379 g/mol. The third-order valence-electron chi connectivity index (χ3n) is 8.41. The van der Waals surface area contributed by atoms with Crippen LogP contribution in [0.5, 0.6) is 0 Å². The monoisotopic (exact) mass is 378 g/mol. The first kappa shape index (κ1) is 17.5. The molecule has 3 aromatic carbocycles. The highest BCUT2D eigenvalue weighted by Crippen LogP contribution is 2.64. The quantitative estimate of drug-likeness (QED) is 0.425. The SMILES string of the molecule is c1ccc(C(c2ccccc2)(c2ccccc2)C2C3CC4CC(C3)CC2C4)cc1. The molecular formula is C29H30. The van der Waals surface area contributed by atoms with Crippen molar-refractivity contribution in [2.45, 2.75) is 37.5 Å². The molecular weight excluding hydrogens is 348 g/mol. The Morgan fingerprint density at radius 2 is 0.793 bits per heavy atom. The molecule has 146 valence electrons. The van der Waals surface area contributed by atoms with Crippen LogP contribution in [0.15, 0.2) is 91.0 Å². The molecule has 0 amide bonds. The molecule has 0 unspecified atom stereocenters. The van der Waals surface area contributed by atoms with E-state index in [4.69, 9.17) is 0 Å². The molecule has 4 fully saturated rings. The van der Waals surface area contributed by atoms with E-state index in [1.165, 1.54) is 48.8 Å². The van der Waals surface area contributed by atoms with Crippen LogP contribution in [0.2, 0.25) is 0 Å². The average Bonchev–Trinajstić information content (AvgIpc) is 2.78. The fourth-order valence-electron chi connectivity index (χ4n) is 7.81. The summed E-state index contributed by atoms with van der Waals surface area (Å²) in [5, 5.41) is 0. The second kappa shape index (κ2) is 6.87. The van der Waals surface area contributed by atoms with Gasteiger partial charge in [-0.1, -0.05) is 91.0 Å². The molecule has 3 aromatic rings. The van der Waals surface area contributed by atoms with Gasteiger partial charge in [0.1, 0.15) is 0 Å². The minimum absolute atomic E-state index is 0.0492. The van der Waals surface area contributed by atoms with Crippen molar-refractivity contribution in [2.75, 3.05) is 0 Å². The molecule has 0 saturated heterocycles. The van der Waals surface area contributed by atoms with Crippen molar-refractivity contribution in [2.24, 2.45) is 29.6 Å². The fourth-order valence-corrected chi connectivity index (χ4v) is 7.81. The van der Waals surface area contributed by atoms with Crippen LogP contribution in [0.4, 0.5) is 0 Å². The first-order valence-electron chi connectivity index (χ1n) is 11.5. The summed E-state index contributed by atoms with van der Waals surface area (Å²) < 4.78 is 0. The topological polar surface area (TPSA) is 0 Å². The lowest BCUT2D eigenvalue weighted by Gasteiger charge is -2.60. The van der Waals surface area contributed by atoms with Gasteiger partial charge in [0, 0.05) is 5.41 Å². The molecule has 7 rings (SSSR count).